The molecule has 2 rings (SSSR count). The van der Waals surface area contributed by atoms with Crippen molar-refractivity contribution in [2.24, 2.45) is 12.9 Å². The van der Waals surface area contributed by atoms with E-state index in [0.29, 0.717) is 0 Å². The summed E-state index contributed by atoms with van der Waals surface area (Å²) in [5.41, 5.74) is 6.35. The summed E-state index contributed by atoms with van der Waals surface area (Å²) in [6.07, 6.45) is 1.78. The number of nitrogens with zero attached hydrogens (tertiary/aromatic N) is 2. The molecule has 0 radical (unpaired) electrons. The number of hydrogen-bond acceptors (Lipinski definition) is 3. The zero-order chi connectivity index (χ0) is 12.4. The second-order valence-electron chi connectivity index (χ2n) is 3.96. The molecule has 90 valence electrons. The lowest BCUT2D eigenvalue weighted by Crippen LogP contribution is -2.31. The number of nitrogens with one attached hydrogen (secondary N) is 1. The Balaban J connectivity index is 2.50. The average Bonchev–Trinajstić information content (AvgIpc) is 2.72. The molecule has 2 aromatic rings. The third kappa shape index (κ3) is 2.36. The lowest BCUT2D eigenvalue weighted by atomic mass is 10.0. The van der Waals surface area contributed by atoms with E-state index in [0.717, 1.165) is 5.69 Å². The fourth-order valence-corrected chi connectivity index (χ4v) is 2.57. The molecule has 0 amide bonds. The fraction of sp³-hybridized carbons (Fsp3) is 0.250. The third-order valence-electron chi connectivity index (χ3n) is 2.85. The highest BCUT2D eigenvalue weighted by atomic mass is 127. The maximum absolute atomic E-state index is 5.69. The highest BCUT2D eigenvalue weighted by Crippen LogP contribution is 2.27. The van der Waals surface area contributed by atoms with Gasteiger partial charge in [-0.1, -0.05) is 18.2 Å². The molecule has 1 unspecified atom stereocenters. The largest absolute Gasteiger partial charge is 0.271 e. The first-order valence-corrected chi connectivity index (χ1v) is 6.42. The normalized spacial score (nSPS) is 12.7. The van der Waals surface area contributed by atoms with Crippen LogP contribution in [0.5, 0.6) is 0 Å². The number of benzene rings is 1. The van der Waals surface area contributed by atoms with Crippen LogP contribution in [0.3, 0.4) is 0 Å². The minimum absolute atomic E-state index is 0.0331. The molecule has 0 bridgehead atoms. The molecule has 0 aliphatic rings. The average molecular weight is 342 g/mol. The van der Waals surface area contributed by atoms with Crippen LogP contribution in [-0.4, -0.2) is 9.78 Å². The van der Waals surface area contributed by atoms with Crippen LogP contribution >= 0.6 is 22.6 Å². The van der Waals surface area contributed by atoms with Gasteiger partial charge in [0.15, 0.2) is 0 Å². The van der Waals surface area contributed by atoms with E-state index in [9.17, 15) is 0 Å². The summed E-state index contributed by atoms with van der Waals surface area (Å²) in [5, 5.41) is 4.18. The first-order valence-electron chi connectivity index (χ1n) is 5.34. The van der Waals surface area contributed by atoms with Crippen LogP contribution in [0.25, 0.3) is 0 Å². The molecule has 5 heteroatoms. The van der Waals surface area contributed by atoms with Crippen molar-refractivity contribution in [2.45, 2.75) is 13.0 Å². The van der Waals surface area contributed by atoms with Crippen LogP contribution in [0.1, 0.15) is 22.9 Å². The summed E-state index contributed by atoms with van der Waals surface area (Å²) >= 11 is 2.35. The Kier molecular flexibility index (Phi) is 3.80. The summed E-state index contributed by atoms with van der Waals surface area (Å²) in [7, 11) is 1.92. The van der Waals surface area contributed by atoms with E-state index >= 15 is 0 Å². The van der Waals surface area contributed by atoms with Gasteiger partial charge in [0.2, 0.25) is 0 Å². The lowest BCUT2D eigenvalue weighted by molar-refractivity contribution is 0.573. The van der Waals surface area contributed by atoms with Gasteiger partial charge in [0, 0.05) is 16.8 Å². The molecule has 17 heavy (non-hydrogen) atoms. The summed E-state index contributed by atoms with van der Waals surface area (Å²) < 4.78 is 3.07. The van der Waals surface area contributed by atoms with Gasteiger partial charge in [-0.3, -0.25) is 10.5 Å². The topological polar surface area (TPSA) is 55.9 Å². The Morgan fingerprint density at radius 1 is 1.41 bits per heavy atom. The van der Waals surface area contributed by atoms with Crippen LogP contribution in [0.15, 0.2) is 30.5 Å². The van der Waals surface area contributed by atoms with Crippen molar-refractivity contribution in [1.82, 2.24) is 15.2 Å². The Bertz CT molecular complexity index is 521. The Hall–Kier alpha value is -0.920. The van der Waals surface area contributed by atoms with Gasteiger partial charge in [0.1, 0.15) is 0 Å². The Morgan fingerprint density at radius 2 is 2.18 bits per heavy atom. The molecule has 0 saturated carbocycles. The van der Waals surface area contributed by atoms with Crippen molar-refractivity contribution in [3.63, 3.8) is 0 Å². The molecular formula is C12H15IN4. The van der Waals surface area contributed by atoms with E-state index in [1.165, 1.54) is 14.7 Å². The number of aromatic nitrogens is 2. The van der Waals surface area contributed by atoms with Crippen LogP contribution in [-0.2, 0) is 7.05 Å². The zero-order valence-electron chi connectivity index (χ0n) is 9.81. The third-order valence-corrected chi connectivity index (χ3v) is 4.33. The molecule has 0 spiro atoms. The van der Waals surface area contributed by atoms with Crippen LogP contribution < -0.4 is 11.3 Å². The van der Waals surface area contributed by atoms with Crippen molar-refractivity contribution in [1.29, 1.82) is 0 Å². The molecule has 3 N–H and O–H groups in total. The second-order valence-corrected chi connectivity index (χ2v) is 5.04. The number of rotatable bonds is 3. The van der Waals surface area contributed by atoms with Crippen molar-refractivity contribution in [3.05, 3.63) is 50.9 Å². The highest BCUT2D eigenvalue weighted by Gasteiger charge is 2.18. The molecule has 4 nitrogen and oxygen atoms in total. The minimum Gasteiger partial charge on any atom is -0.271 e. The van der Waals surface area contributed by atoms with Crippen molar-refractivity contribution in [3.8, 4) is 0 Å². The van der Waals surface area contributed by atoms with Gasteiger partial charge in [-0.2, -0.15) is 5.10 Å². The molecule has 0 aliphatic heterocycles. The van der Waals surface area contributed by atoms with E-state index in [4.69, 9.17) is 5.84 Å². The van der Waals surface area contributed by atoms with E-state index < -0.39 is 0 Å². The quantitative estimate of drug-likeness (QED) is 0.509. The summed E-state index contributed by atoms with van der Waals surface area (Å²) in [6.45, 7) is 2.10. The first-order chi connectivity index (χ1) is 8.15. The molecule has 1 atom stereocenters. The monoisotopic (exact) mass is 342 g/mol. The van der Waals surface area contributed by atoms with Crippen molar-refractivity contribution >= 4 is 22.6 Å². The minimum atomic E-state index is -0.0331. The van der Waals surface area contributed by atoms with Gasteiger partial charge in [-0.25, -0.2) is 5.43 Å². The van der Waals surface area contributed by atoms with Gasteiger partial charge < -0.3 is 0 Å². The van der Waals surface area contributed by atoms with Gasteiger partial charge in [0.05, 0.1) is 11.7 Å². The predicted octanol–water partition coefficient (Wildman–Crippen LogP) is 1.89. The molecule has 0 aliphatic carbocycles. The molecule has 1 aromatic carbocycles. The fourth-order valence-electron chi connectivity index (χ4n) is 1.89. The molecule has 0 fully saturated rings. The van der Waals surface area contributed by atoms with Crippen molar-refractivity contribution in [2.75, 3.05) is 0 Å². The van der Waals surface area contributed by atoms with E-state index in [1.807, 2.05) is 23.9 Å². The molecular weight excluding hydrogens is 327 g/mol. The molecule has 1 heterocycles. The number of aryl methyl sites for hydroxylation is 2. The van der Waals surface area contributed by atoms with E-state index in [2.05, 4.69) is 52.2 Å². The maximum Gasteiger partial charge on any atom is 0.0888 e. The number of hydrazine groups is 1. The maximum atomic E-state index is 5.69. The predicted molar refractivity (Wildman–Crippen MR) is 76.3 cm³/mol. The number of hydrogen-bond donors (Lipinski definition) is 2. The SMILES string of the molecule is Cc1cccc(C(NN)c2ccnn2C)c1I. The standard InChI is InChI=1S/C12H15IN4/c1-8-4-3-5-9(11(8)13)12(16-14)10-6-7-15-17(10)2/h3-7,12,16H,14H2,1-2H3. The number of halogens is 1. The highest BCUT2D eigenvalue weighted by molar-refractivity contribution is 14.1. The van der Waals surface area contributed by atoms with Crippen LogP contribution in [0.2, 0.25) is 0 Å². The number of nitrogens with two attached hydrogens (primary N) is 1. The Labute approximate surface area is 114 Å². The Morgan fingerprint density at radius 3 is 2.76 bits per heavy atom. The molecule has 1 aromatic heterocycles. The summed E-state index contributed by atoms with van der Waals surface area (Å²) in [4.78, 5) is 0. The van der Waals surface area contributed by atoms with Gasteiger partial charge >= 0.3 is 0 Å². The smallest absolute Gasteiger partial charge is 0.0888 e. The summed E-state index contributed by atoms with van der Waals surface area (Å²) in [5.74, 6) is 5.69. The first kappa shape index (κ1) is 12.5. The second kappa shape index (κ2) is 5.16. The van der Waals surface area contributed by atoms with E-state index in [1.54, 1.807) is 6.20 Å². The van der Waals surface area contributed by atoms with E-state index in [-0.39, 0.29) is 6.04 Å². The lowest BCUT2D eigenvalue weighted by Gasteiger charge is -2.19. The van der Waals surface area contributed by atoms with Crippen LogP contribution in [0.4, 0.5) is 0 Å². The van der Waals surface area contributed by atoms with Gasteiger partial charge in [-0.15, -0.1) is 0 Å². The molecule has 0 saturated heterocycles. The zero-order valence-corrected chi connectivity index (χ0v) is 12.0. The van der Waals surface area contributed by atoms with Crippen LogP contribution in [0, 0.1) is 10.5 Å². The van der Waals surface area contributed by atoms with Crippen molar-refractivity contribution < 1.29 is 0 Å². The van der Waals surface area contributed by atoms with Gasteiger partial charge in [-0.05, 0) is 46.7 Å². The van der Waals surface area contributed by atoms with Gasteiger partial charge in [0.25, 0.3) is 0 Å². The summed E-state index contributed by atoms with van der Waals surface area (Å²) in [6, 6.07) is 8.18.